The van der Waals surface area contributed by atoms with E-state index in [2.05, 4.69) is 44.8 Å². The van der Waals surface area contributed by atoms with Crippen LogP contribution < -0.4 is 5.32 Å². The van der Waals surface area contributed by atoms with Gasteiger partial charge in [-0.25, -0.2) is 0 Å². The highest BCUT2D eigenvalue weighted by Gasteiger charge is 2.24. The van der Waals surface area contributed by atoms with Gasteiger partial charge < -0.3 is 10.2 Å². The summed E-state index contributed by atoms with van der Waals surface area (Å²) in [4.78, 5) is 2.63. The lowest BCUT2D eigenvalue weighted by Gasteiger charge is -2.38. The Hall–Kier alpha value is -0.0800. The van der Waals surface area contributed by atoms with Crippen molar-refractivity contribution >= 4 is 0 Å². The fourth-order valence-electron chi connectivity index (χ4n) is 2.81. The van der Waals surface area contributed by atoms with Gasteiger partial charge in [0.2, 0.25) is 0 Å². The molecule has 1 aliphatic rings. The molecule has 1 rings (SSSR count). The zero-order valence-electron chi connectivity index (χ0n) is 11.8. The van der Waals surface area contributed by atoms with E-state index in [9.17, 15) is 0 Å². The van der Waals surface area contributed by atoms with E-state index in [1.165, 1.54) is 32.6 Å². The molecule has 16 heavy (non-hydrogen) atoms. The van der Waals surface area contributed by atoms with Crippen molar-refractivity contribution < 1.29 is 0 Å². The van der Waals surface area contributed by atoms with Gasteiger partial charge in [0.05, 0.1) is 0 Å². The summed E-state index contributed by atoms with van der Waals surface area (Å²) in [6, 6.07) is 0.704. The van der Waals surface area contributed by atoms with Crippen LogP contribution in [0.25, 0.3) is 0 Å². The first kappa shape index (κ1) is 14.0. The summed E-state index contributed by atoms with van der Waals surface area (Å²) >= 11 is 0. The maximum atomic E-state index is 3.69. The highest BCUT2D eigenvalue weighted by atomic mass is 15.2. The molecule has 0 aromatic rings. The van der Waals surface area contributed by atoms with Gasteiger partial charge in [-0.3, -0.25) is 0 Å². The zero-order chi connectivity index (χ0) is 12.1. The smallest absolute Gasteiger partial charge is 0.0221 e. The Morgan fingerprint density at radius 1 is 1.12 bits per heavy atom. The van der Waals surface area contributed by atoms with Gasteiger partial charge in [0.25, 0.3) is 0 Å². The first-order chi connectivity index (χ1) is 7.49. The Bertz CT molecular complexity index is 181. The molecule has 2 heteroatoms. The largest absolute Gasteiger partial charge is 0.311 e. The highest BCUT2D eigenvalue weighted by molar-refractivity contribution is 4.83. The molecule has 1 aliphatic heterocycles. The molecule has 2 nitrogen and oxygen atoms in total. The van der Waals surface area contributed by atoms with Gasteiger partial charge in [-0.05, 0) is 24.2 Å². The molecule has 1 saturated heterocycles. The SMILES string of the molecule is CC(C)CC(C)C1CN(CC(C)C)CCN1. The zero-order valence-corrected chi connectivity index (χ0v) is 11.8. The van der Waals surface area contributed by atoms with Gasteiger partial charge in [-0.15, -0.1) is 0 Å². The third-order valence-electron chi connectivity index (χ3n) is 3.44. The second kappa shape index (κ2) is 6.61. The lowest BCUT2D eigenvalue weighted by Crippen LogP contribution is -2.54. The Balaban J connectivity index is 2.37. The van der Waals surface area contributed by atoms with E-state index in [-0.39, 0.29) is 0 Å². The molecule has 2 atom stereocenters. The molecule has 96 valence electrons. The van der Waals surface area contributed by atoms with Crippen molar-refractivity contribution in [3.63, 3.8) is 0 Å². The van der Waals surface area contributed by atoms with Gasteiger partial charge in [0.1, 0.15) is 0 Å². The van der Waals surface area contributed by atoms with E-state index < -0.39 is 0 Å². The van der Waals surface area contributed by atoms with Crippen molar-refractivity contribution in [2.24, 2.45) is 17.8 Å². The second-order valence-corrected chi connectivity index (χ2v) is 6.32. The predicted molar refractivity (Wildman–Crippen MR) is 71.7 cm³/mol. The standard InChI is InChI=1S/C14H30N2/c1-11(2)8-13(5)14-10-16(7-6-15-14)9-12(3)4/h11-15H,6-10H2,1-5H3. The van der Waals surface area contributed by atoms with Crippen molar-refractivity contribution in [3.05, 3.63) is 0 Å². The van der Waals surface area contributed by atoms with Crippen molar-refractivity contribution in [2.75, 3.05) is 26.2 Å². The normalized spacial score (nSPS) is 25.3. The van der Waals surface area contributed by atoms with E-state index in [4.69, 9.17) is 0 Å². The van der Waals surface area contributed by atoms with Crippen LogP contribution >= 0.6 is 0 Å². The van der Waals surface area contributed by atoms with Crippen LogP contribution in [-0.2, 0) is 0 Å². The second-order valence-electron chi connectivity index (χ2n) is 6.32. The van der Waals surface area contributed by atoms with Crippen LogP contribution in [0.1, 0.15) is 41.0 Å². The van der Waals surface area contributed by atoms with Crippen LogP contribution in [0.15, 0.2) is 0 Å². The molecule has 0 radical (unpaired) electrons. The van der Waals surface area contributed by atoms with Crippen molar-refractivity contribution in [1.82, 2.24) is 10.2 Å². The average Bonchev–Trinajstić information content (AvgIpc) is 2.16. The molecule has 0 aliphatic carbocycles. The maximum Gasteiger partial charge on any atom is 0.0221 e. The molecule has 0 amide bonds. The first-order valence-corrected chi connectivity index (χ1v) is 6.94. The number of piperazine rings is 1. The van der Waals surface area contributed by atoms with Gasteiger partial charge >= 0.3 is 0 Å². The van der Waals surface area contributed by atoms with E-state index in [0.717, 1.165) is 17.8 Å². The summed E-state index contributed by atoms with van der Waals surface area (Å²) in [5, 5.41) is 3.69. The lowest BCUT2D eigenvalue weighted by molar-refractivity contribution is 0.148. The number of hydrogen-bond donors (Lipinski definition) is 1. The first-order valence-electron chi connectivity index (χ1n) is 6.94. The summed E-state index contributed by atoms with van der Waals surface area (Å²) in [5.41, 5.74) is 0. The Kier molecular flexibility index (Phi) is 5.77. The van der Waals surface area contributed by atoms with Crippen molar-refractivity contribution in [1.29, 1.82) is 0 Å². The van der Waals surface area contributed by atoms with Gasteiger partial charge in [0.15, 0.2) is 0 Å². The molecule has 0 aromatic carbocycles. The minimum atomic E-state index is 0.704. The molecule has 0 aromatic heterocycles. The molecule has 1 heterocycles. The van der Waals surface area contributed by atoms with E-state index in [1.54, 1.807) is 0 Å². The van der Waals surface area contributed by atoms with Crippen molar-refractivity contribution in [3.8, 4) is 0 Å². The monoisotopic (exact) mass is 226 g/mol. The highest BCUT2D eigenvalue weighted by Crippen LogP contribution is 2.18. The van der Waals surface area contributed by atoms with Crippen LogP contribution in [0.2, 0.25) is 0 Å². The van der Waals surface area contributed by atoms with E-state index >= 15 is 0 Å². The van der Waals surface area contributed by atoms with Crippen LogP contribution in [0, 0.1) is 17.8 Å². The lowest BCUT2D eigenvalue weighted by atomic mass is 9.90. The molecule has 2 unspecified atom stereocenters. The molecule has 0 saturated carbocycles. The maximum absolute atomic E-state index is 3.69. The Labute approximate surface area is 102 Å². The van der Waals surface area contributed by atoms with Crippen LogP contribution in [-0.4, -0.2) is 37.1 Å². The third-order valence-corrected chi connectivity index (χ3v) is 3.44. The molecular weight excluding hydrogens is 196 g/mol. The van der Waals surface area contributed by atoms with Gasteiger partial charge in [-0.1, -0.05) is 34.6 Å². The summed E-state index contributed by atoms with van der Waals surface area (Å²) in [7, 11) is 0. The molecule has 0 bridgehead atoms. The van der Waals surface area contributed by atoms with Crippen LogP contribution in [0.4, 0.5) is 0 Å². The summed E-state index contributed by atoms with van der Waals surface area (Å²) in [6.45, 7) is 16.6. The number of rotatable bonds is 5. The van der Waals surface area contributed by atoms with Crippen LogP contribution in [0.5, 0.6) is 0 Å². The summed E-state index contributed by atoms with van der Waals surface area (Å²) < 4.78 is 0. The molecular formula is C14H30N2. The molecule has 1 N–H and O–H groups in total. The Morgan fingerprint density at radius 3 is 2.38 bits per heavy atom. The minimum absolute atomic E-state index is 0.704. The number of hydrogen-bond acceptors (Lipinski definition) is 2. The summed E-state index contributed by atoms with van der Waals surface area (Å²) in [5.74, 6) is 2.41. The predicted octanol–water partition coefficient (Wildman–Crippen LogP) is 2.60. The van der Waals surface area contributed by atoms with E-state index in [1.807, 2.05) is 0 Å². The van der Waals surface area contributed by atoms with Crippen molar-refractivity contribution in [2.45, 2.75) is 47.1 Å². The quantitative estimate of drug-likeness (QED) is 0.775. The fraction of sp³-hybridized carbons (Fsp3) is 1.00. The molecule has 1 fully saturated rings. The minimum Gasteiger partial charge on any atom is -0.311 e. The third kappa shape index (κ3) is 4.84. The number of nitrogens with zero attached hydrogens (tertiary/aromatic N) is 1. The average molecular weight is 226 g/mol. The topological polar surface area (TPSA) is 15.3 Å². The van der Waals surface area contributed by atoms with Crippen LogP contribution in [0.3, 0.4) is 0 Å². The number of nitrogens with one attached hydrogen (secondary N) is 1. The van der Waals surface area contributed by atoms with Gasteiger partial charge in [-0.2, -0.15) is 0 Å². The Morgan fingerprint density at radius 2 is 1.81 bits per heavy atom. The van der Waals surface area contributed by atoms with E-state index in [0.29, 0.717) is 6.04 Å². The van der Waals surface area contributed by atoms with Gasteiger partial charge in [0, 0.05) is 32.2 Å². The fourth-order valence-corrected chi connectivity index (χ4v) is 2.81. The summed E-state index contributed by atoms with van der Waals surface area (Å²) in [6.07, 6.45) is 1.34. The molecule has 0 spiro atoms.